The van der Waals surface area contributed by atoms with Gasteiger partial charge in [-0.3, -0.25) is 4.90 Å². The molecule has 1 heterocycles. The summed E-state index contributed by atoms with van der Waals surface area (Å²) in [6, 6.07) is 10.2. The Morgan fingerprint density at radius 1 is 1.20 bits per heavy atom. The number of benzene rings is 1. The Balaban J connectivity index is 1.49. The third-order valence-electron chi connectivity index (χ3n) is 4.64. The van der Waals surface area contributed by atoms with Crippen molar-refractivity contribution in [3.05, 3.63) is 35.4 Å². The van der Waals surface area contributed by atoms with Gasteiger partial charge >= 0.3 is 0 Å². The number of fused-ring (bicyclic) bond motifs is 1. The second-order valence-electron chi connectivity index (χ2n) is 6.17. The third kappa shape index (κ3) is 3.40. The van der Waals surface area contributed by atoms with Crippen molar-refractivity contribution >= 4 is 0 Å². The van der Waals surface area contributed by atoms with Gasteiger partial charge in [0.1, 0.15) is 0 Å². The van der Waals surface area contributed by atoms with Crippen LogP contribution < -0.4 is 5.32 Å². The Kier molecular flexibility index (Phi) is 4.71. The predicted molar refractivity (Wildman–Crippen MR) is 82.1 cm³/mol. The van der Waals surface area contributed by atoms with Crippen molar-refractivity contribution in [1.82, 2.24) is 10.2 Å². The minimum absolute atomic E-state index is 0.639. The quantitative estimate of drug-likeness (QED) is 0.887. The molecule has 3 heteroatoms. The van der Waals surface area contributed by atoms with Crippen LogP contribution in [0.1, 0.15) is 24.0 Å². The summed E-state index contributed by atoms with van der Waals surface area (Å²) < 4.78 is 5.19. The first kappa shape index (κ1) is 14.1. The van der Waals surface area contributed by atoms with Crippen molar-refractivity contribution in [3.8, 4) is 0 Å². The Labute approximate surface area is 122 Å². The first-order valence-electron chi connectivity index (χ1n) is 7.89. The average Bonchev–Trinajstić information content (AvgIpc) is 2.87. The summed E-state index contributed by atoms with van der Waals surface area (Å²) >= 11 is 0. The van der Waals surface area contributed by atoms with Gasteiger partial charge in [-0.15, -0.1) is 0 Å². The van der Waals surface area contributed by atoms with E-state index < -0.39 is 0 Å². The number of methoxy groups -OCH3 is 1. The van der Waals surface area contributed by atoms with Crippen molar-refractivity contribution in [3.63, 3.8) is 0 Å². The van der Waals surface area contributed by atoms with Gasteiger partial charge in [-0.2, -0.15) is 0 Å². The molecule has 0 bridgehead atoms. The molecule has 0 radical (unpaired) electrons. The van der Waals surface area contributed by atoms with E-state index in [1.165, 1.54) is 49.9 Å². The molecule has 2 aliphatic rings. The number of nitrogens with one attached hydrogen (secondary N) is 1. The molecule has 1 fully saturated rings. The summed E-state index contributed by atoms with van der Waals surface area (Å²) in [4.78, 5) is 2.53. The Bertz CT molecular complexity index is 410. The molecule has 110 valence electrons. The van der Waals surface area contributed by atoms with E-state index in [4.69, 9.17) is 4.74 Å². The molecule has 0 amide bonds. The fourth-order valence-electron chi connectivity index (χ4n) is 3.63. The smallest absolute Gasteiger partial charge is 0.0589 e. The SMILES string of the molecule is COCCN1CCC[C@@H](NC2Cc3ccccc3C2)C1. The van der Waals surface area contributed by atoms with Crippen molar-refractivity contribution in [1.29, 1.82) is 0 Å². The van der Waals surface area contributed by atoms with Crippen LogP contribution in [-0.4, -0.2) is 50.3 Å². The minimum atomic E-state index is 0.639. The molecule has 0 saturated carbocycles. The number of hydrogen-bond acceptors (Lipinski definition) is 3. The number of likely N-dealkylation sites (tertiary alicyclic amines) is 1. The molecule has 20 heavy (non-hydrogen) atoms. The fraction of sp³-hybridized carbons (Fsp3) is 0.647. The summed E-state index contributed by atoms with van der Waals surface area (Å²) in [5.41, 5.74) is 3.08. The summed E-state index contributed by atoms with van der Waals surface area (Å²) in [6.45, 7) is 4.32. The van der Waals surface area contributed by atoms with Crippen LogP contribution >= 0.6 is 0 Å². The highest BCUT2D eigenvalue weighted by atomic mass is 16.5. The zero-order chi connectivity index (χ0) is 13.8. The monoisotopic (exact) mass is 274 g/mol. The predicted octanol–water partition coefficient (Wildman–Crippen LogP) is 1.85. The van der Waals surface area contributed by atoms with Crippen molar-refractivity contribution in [2.75, 3.05) is 33.4 Å². The van der Waals surface area contributed by atoms with Crippen LogP contribution in [0.25, 0.3) is 0 Å². The lowest BCUT2D eigenvalue weighted by Gasteiger charge is -2.34. The van der Waals surface area contributed by atoms with Gasteiger partial charge in [-0.25, -0.2) is 0 Å². The topological polar surface area (TPSA) is 24.5 Å². The fourth-order valence-corrected chi connectivity index (χ4v) is 3.63. The zero-order valence-corrected chi connectivity index (χ0v) is 12.5. The van der Waals surface area contributed by atoms with Gasteiger partial charge in [0.15, 0.2) is 0 Å². The Morgan fingerprint density at radius 2 is 1.95 bits per heavy atom. The highest BCUT2D eigenvalue weighted by molar-refractivity contribution is 5.33. The van der Waals surface area contributed by atoms with Gasteiger partial charge in [-0.1, -0.05) is 24.3 Å². The Morgan fingerprint density at radius 3 is 2.65 bits per heavy atom. The van der Waals surface area contributed by atoms with Gasteiger partial charge in [-0.05, 0) is 43.4 Å². The maximum absolute atomic E-state index is 5.19. The van der Waals surface area contributed by atoms with Crippen LogP contribution in [0.15, 0.2) is 24.3 Å². The number of piperidine rings is 1. The number of ether oxygens (including phenoxy) is 1. The Hall–Kier alpha value is -0.900. The molecule has 1 aliphatic carbocycles. The van der Waals surface area contributed by atoms with Crippen LogP contribution in [0, 0.1) is 0 Å². The molecular weight excluding hydrogens is 248 g/mol. The molecule has 3 nitrogen and oxygen atoms in total. The molecule has 0 aromatic heterocycles. The first-order chi connectivity index (χ1) is 9.85. The van der Waals surface area contributed by atoms with Crippen LogP contribution in [0.5, 0.6) is 0 Å². The van der Waals surface area contributed by atoms with Crippen molar-refractivity contribution in [2.24, 2.45) is 0 Å². The number of nitrogens with zero attached hydrogens (tertiary/aromatic N) is 1. The first-order valence-corrected chi connectivity index (χ1v) is 7.89. The van der Waals surface area contributed by atoms with Crippen LogP contribution in [-0.2, 0) is 17.6 Å². The van der Waals surface area contributed by atoms with Gasteiger partial charge in [0.25, 0.3) is 0 Å². The van der Waals surface area contributed by atoms with E-state index in [1.54, 1.807) is 7.11 Å². The molecular formula is C17H26N2O. The van der Waals surface area contributed by atoms with E-state index in [2.05, 4.69) is 34.5 Å². The molecule has 1 atom stereocenters. The van der Waals surface area contributed by atoms with Gasteiger partial charge in [0, 0.05) is 32.3 Å². The van der Waals surface area contributed by atoms with Crippen molar-refractivity contribution in [2.45, 2.75) is 37.8 Å². The summed E-state index contributed by atoms with van der Waals surface area (Å²) in [5.74, 6) is 0. The minimum Gasteiger partial charge on any atom is -0.383 e. The van der Waals surface area contributed by atoms with Crippen LogP contribution in [0.4, 0.5) is 0 Å². The van der Waals surface area contributed by atoms with E-state index in [9.17, 15) is 0 Å². The molecule has 1 aromatic carbocycles. The summed E-state index contributed by atoms with van der Waals surface area (Å²) in [7, 11) is 1.79. The maximum Gasteiger partial charge on any atom is 0.0589 e. The van der Waals surface area contributed by atoms with Gasteiger partial charge in [0.05, 0.1) is 6.61 Å². The van der Waals surface area contributed by atoms with Crippen molar-refractivity contribution < 1.29 is 4.74 Å². The standard InChI is InChI=1S/C17H26N2O/c1-20-10-9-19-8-4-7-16(13-19)18-17-11-14-5-2-3-6-15(14)12-17/h2-3,5-6,16-18H,4,7-13H2,1H3/t16-/m1/s1. The van der Waals surface area contributed by atoms with E-state index in [0.717, 1.165) is 13.2 Å². The third-order valence-corrected chi connectivity index (χ3v) is 4.64. The molecule has 1 aromatic rings. The van der Waals surface area contributed by atoms with E-state index in [-0.39, 0.29) is 0 Å². The average molecular weight is 274 g/mol. The van der Waals surface area contributed by atoms with Crippen LogP contribution in [0.2, 0.25) is 0 Å². The molecule has 0 unspecified atom stereocenters. The highest BCUT2D eigenvalue weighted by Crippen LogP contribution is 2.23. The normalized spacial score (nSPS) is 23.9. The van der Waals surface area contributed by atoms with E-state index in [1.807, 2.05) is 0 Å². The lowest BCUT2D eigenvalue weighted by molar-refractivity contribution is 0.120. The summed E-state index contributed by atoms with van der Waals surface area (Å²) in [6.07, 6.45) is 5.02. The van der Waals surface area contributed by atoms with Gasteiger partial charge in [0.2, 0.25) is 0 Å². The maximum atomic E-state index is 5.19. The molecule has 3 rings (SSSR count). The second kappa shape index (κ2) is 6.70. The second-order valence-corrected chi connectivity index (χ2v) is 6.17. The lowest BCUT2D eigenvalue weighted by Crippen LogP contribution is -2.50. The molecule has 1 N–H and O–H groups in total. The molecule has 1 saturated heterocycles. The highest BCUT2D eigenvalue weighted by Gasteiger charge is 2.26. The molecule has 1 aliphatic heterocycles. The lowest BCUT2D eigenvalue weighted by atomic mass is 10.0. The van der Waals surface area contributed by atoms with Crippen LogP contribution in [0.3, 0.4) is 0 Å². The van der Waals surface area contributed by atoms with Gasteiger partial charge < -0.3 is 10.1 Å². The largest absolute Gasteiger partial charge is 0.383 e. The summed E-state index contributed by atoms with van der Waals surface area (Å²) in [5, 5.41) is 3.89. The number of rotatable bonds is 5. The zero-order valence-electron chi connectivity index (χ0n) is 12.5. The van der Waals surface area contributed by atoms with E-state index >= 15 is 0 Å². The van der Waals surface area contributed by atoms with E-state index in [0.29, 0.717) is 12.1 Å². The molecule has 0 spiro atoms. The number of hydrogen-bond donors (Lipinski definition) is 1.